The SMILES string of the molecule is Cc1ccc(N2CC(CS(N)(=O)=O)CC2=O)cc1C. The molecule has 19 heavy (non-hydrogen) atoms. The maximum atomic E-state index is 12.0. The van der Waals surface area contributed by atoms with Crippen molar-refractivity contribution in [2.24, 2.45) is 11.1 Å². The van der Waals surface area contributed by atoms with Crippen molar-refractivity contribution in [2.45, 2.75) is 20.3 Å². The smallest absolute Gasteiger partial charge is 0.227 e. The number of carbonyl (C=O) groups excluding carboxylic acids is 1. The maximum Gasteiger partial charge on any atom is 0.227 e. The van der Waals surface area contributed by atoms with Gasteiger partial charge in [-0.3, -0.25) is 4.79 Å². The second kappa shape index (κ2) is 4.94. The lowest BCUT2D eigenvalue weighted by Gasteiger charge is -2.18. The molecule has 104 valence electrons. The van der Waals surface area contributed by atoms with Gasteiger partial charge in [0.1, 0.15) is 0 Å². The van der Waals surface area contributed by atoms with Crippen LogP contribution in [0.5, 0.6) is 0 Å². The lowest BCUT2D eigenvalue weighted by Crippen LogP contribution is -2.27. The van der Waals surface area contributed by atoms with Crippen LogP contribution in [-0.4, -0.2) is 26.6 Å². The van der Waals surface area contributed by atoms with Crippen LogP contribution in [0.3, 0.4) is 0 Å². The zero-order valence-electron chi connectivity index (χ0n) is 11.1. The molecule has 6 heteroatoms. The molecule has 2 rings (SSSR count). The highest BCUT2D eigenvalue weighted by molar-refractivity contribution is 7.89. The molecule has 1 aliphatic heterocycles. The minimum atomic E-state index is -3.53. The van der Waals surface area contributed by atoms with Crippen LogP contribution in [-0.2, 0) is 14.8 Å². The fraction of sp³-hybridized carbons (Fsp3) is 0.462. The summed E-state index contributed by atoms with van der Waals surface area (Å²) < 4.78 is 22.2. The van der Waals surface area contributed by atoms with E-state index >= 15 is 0 Å². The minimum Gasteiger partial charge on any atom is -0.312 e. The molecule has 1 fully saturated rings. The number of hydrogen-bond donors (Lipinski definition) is 1. The van der Waals surface area contributed by atoms with Crippen LogP contribution in [0.15, 0.2) is 18.2 Å². The van der Waals surface area contributed by atoms with Crippen molar-refractivity contribution >= 4 is 21.6 Å². The number of carbonyl (C=O) groups is 1. The number of nitrogens with zero attached hydrogens (tertiary/aromatic N) is 1. The lowest BCUT2D eigenvalue weighted by molar-refractivity contribution is -0.117. The maximum absolute atomic E-state index is 12.0. The average Bonchev–Trinajstić information content (AvgIpc) is 2.61. The first kappa shape index (κ1) is 14.0. The Morgan fingerprint density at radius 2 is 2.00 bits per heavy atom. The van der Waals surface area contributed by atoms with Gasteiger partial charge < -0.3 is 4.90 Å². The molecule has 1 aliphatic rings. The monoisotopic (exact) mass is 282 g/mol. The summed E-state index contributed by atoms with van der Waals surface area (Å²) in [5, 5.41) is 5.03. The number of benzene rings is 1. The van der Waals surface area contributed by atoms with Gasteiger partial charge in [0, 0.05) is 24.6 Å². The third-order valence-electron chi connectivity index (χ3n) is 3.48. The normalized spacial score (nSPS) is 20.1. The molecule has 1 saturated heterocycles. The van der Waals surface area contributed by atoms with Crippen LogP contribution >= 0.6 is 0 Å². The number of primary sulfonamides is 1. The van der Waals surface area contributed by atoms with Gasteiger partial charge >= 0.3 is 0 Å². The molecular weight excluding hydrogens is 264 g/mol. The number of amides is 1. The summed E-state index contributed by atoms with van der Waals surface area (Å²) in [7, 11) is -3.53. The molecule has 2 N–H and O–H groups in total. The molecule has 1 aromatic carbocycles. The molecular formula is C13H18N2O3S. The van der Waals surface area contributed by atoms with Gasteiger partial charge in [-0.15, -0.1) is 0 Å². The van der Waals surface area contributed by atoms with Gasteiger partial charge in [0.05, 0.1) is 5.75 Å². The topological polar surface area (TPSA) is 80.5 Å². The zero-order valence-corrected chi connectivity index (χ0v) is 11.9. The Morgan fingerprint density at radius 1 is 1.32 bits per heavy atom. The van der Waals surface area contributed by atoms with Gasteiger partial charge in [-0.25, -0.2) is 13.6 Å². The van der Waals surface area contributed by atoms with E-state index in [1.165, 1.54) is 0 Å². The number of aryl methyl sites for hydroxylation is 2. The number of rotatable bonds is 3. The molecule has 1 amide bonds. The number of anilines is 1. The van der Waals surface area contributed by atoms with E-state index in [1.807, 2.05) is 32.0 Å². The fourth-order valence-electron chi connectivity index (χ4n) is 2.36. The Bertz CT molecular complexity index is 610. The van der Waals surface area contributed by atoms with E-state index in [9.17, 15) is 13.2 Å². The van der Waals surface area contributed by atoms with Crippen molar-refractivity contribution in [1.82, 2.24) is 0 Å². The van der Waals surface area contributed by atoms with Crippen LogP contribution in [0.25, 0.3) is 0 Å². The molecule has 1 heterocycles. The Hall–Kier alpha value is -1.40. The van der Waals surface area contributed by atoms with Crippen molar-refractivity contribution < 1.29 is 13.2 Å². The van der Waals surface area contributed by atoms with E-state index in [2.05, 4.69) is 0 Å². The van der Waals surface area contributed by atoms with Gasteiger partial charge in [-0.2, -0.15) is 0 Å². The minimum absolute atomic E-state index is 0.0445. The molecule has 5 nitrogen and oxygen atoms in total. The predicted octanol–water partition coefficient (Wildman–Crippen LogP) is 0.945. The van der Waals surface area contributed by atoms with E-state index in [0.717, 1.165) is 16.8 Å². The molecule has 0 saturated carbocycles. The van der Waals surface area contributed by atoms with Gasteiger partial charge in [0.25, 0.3) is 0 Å². The molecule has 0 aromatic heterocycles. The van der Waals surface area contributed by atoms with Gasteiger partial charge in [0.15, 0.2) is 0 Å². The third kappa shape index (κ3) is 3.33. The molecule has 0 radical (unpaired) electrons. The van der Waals surface area contributed by atoms with E-state index in [4.69, 9.17) is 5.14 Å². The second-order valence-electron chi connectivity index (χ2n) is 5.17. The van der Waals surface area contributed by atoms with E-state index in [-0.39, 0.29) is 24.0 Å². The highest BCUT2D eigenvalue weighted by Crippen LogP contribution is 2.27. The molecule has 1 aromatic rings. The summed E-state index contributed by atoms with van der Waals surface area (Å²) in [5.74, 6) is -0.402. The second-order valence-corrected chi connectivity index (χ2v) is 6.83. The molecule has 0 bridgehead atoms. The van der Waals surface area contributed by atoms with Crippen LogP contribution in [0.4, 0.5) is 5.69 Å². The largest absolute Gasteiger partial charge is 0.312 e. The summed E-state index contributed by atoms with van der Waals surface area (Å²) in [5.41, 5.74) is 3.10. The summed E-state index contributed by atoms with van der Waals surface area (Å²) in [6.45, 7) is 4.41. The first-order valence-corrected chi connectivity index (χ1v) is 7.86. The van der Waals surface area contributed by atoms with Crippen LogP contribution in [0.2, 0.25) is 0 Å². The van der Waals surface area contributed by atoms with Crippen molar-refractivity contribution in [3.05, 3.63) is 29.3 Å². The van der Waals surface area contributed by atoms with Crippen molar-refractivity contribution in [3.63, 3.8) is 0 Å². The van der Waals surface area contributed by atoms with E-state index < -0.39 is 10.0 Å². The zero-order chi connectivity index (χ0) is 14.2. The number of hydrogen-bond acceptors (Lipinski definition) is 3. The number of sulfonamides is 1. The van der Waals surface area contributed by atoms with Gasteiger partial charge in [0.2, 0.25) is 15.9 Å². The fourth-order valence-corrected chi connectivity index (χ4v) is 3.25. The standard InChI is InChI=1S/C13H18N2O3S/c1-9-3-4-12(5-10(9)2)15-7-11(6-13(15)16)8-19(14,17)18/h3-5,11H,6-8H2,1-2H3,(H2,14,17,18). The molecule has 1 atom stereocenters. The first-order valence-electron chi connectivity index (χ1n) is 6.14. The molecule has 1 unspecified atom stereocenters. The highest BCUT2D eigenvalue weighted by atomic mass is 32.2. The average molecular weight is 282 g/mol. The van der Waals surface area contributed by atoms with Crippen LogP contribution in [0, 0.1) is 19.8 Å². The Labute approximate surface area is 113 Å². The Kier molecular flexibility index (Phi) is 3.64. The first-order chi connectivity index (χ1) is 8.76. The van der Waals surface area contributed by atoms with Crippen molar-refractivity contribution in [3.8, 4) is 0 Å². The van der Waals surface area contributed by atoms with E-state index in [0.29, 0.717) is 6.54 Å². The highest BCUT2D eigenvalue weighted by Gasteiger charge is 2.32. The van der Waals surface area contributed by atoms with Crippen molar-refractivity contribution in [2.75, 3.05) is 17.2 Å². The Morgan fingerprint density at radius 3 is 2.58 bits per heavy atom. The van der Waals surface area contributed by atoms with Crippen LogP contribution < -0.4 is 10.0 Å². The quantitative estimate of drug-likeness (QED) is 0.896. The van der Waals surface area contributed by atoms with Crippen molar-refractivity contribution in [1.29, 1.82) is 0 Å². The molecule has 0 aliphatic carbocycles. The summed E-state index contributed by atoms with van der Waals surface area (Å²) in [6.07, 6.45) is 0.239. The Balaban J connectivity index is 2.18. The summed E-state index contributed by atoms with van der Waals surface area (Å²) >= 11 is 0. The predicted molar refractivity (Wildman–Crippen MR) is 74.4 cm³/mol. The molecule has 0 spiro atoms. The van der Waals surface area contributed by atoms with Crippen LogP contribution in [0.1, 0.15) is 17.5 Å². The van der Waals surface area contributed by atoms with Gasteiger partial charge in [-0.1, -0.05) is 6.07 Å². The number of nitrogens with two attached hydrogens (primary N) is 1. The third-order valence-corrected chi connectivity index (χ3v) is 4.41. The summed E-state index contributed by atoms with van der Waals surface area (Å²) in [4.78, 5) is 13.6. The van der Waals surface area contributed by atoms with Gasteiger partial charge in [-0.05, 0) is 37.1 Å². The summed E-state index contributed by atoms with van der Waals surface area (Å²) in [6, 6.07) is 5.80. The lowest BCUT2D eigenvalue weighted by atomic mass is 10.1. The van der Waals surface area contributed by atoms with E-state index in [1.54, 1.807) is 4.90 Å².